The lowest BCUT2D eigenvalue weighted by Gasteiger charge is -2.25. The predicted molar refractivity (Wildman–Crippen MR) is 123 cm³/mol. The van der Waals surface area contributed by atoms with Crippen molar-refractivity contribution in [2.75, 3.05) is 31.6 Å². The number of ether oxygens (including phenoxy) is 1. The monoisotopic (exact) mass is 473 g/mol. The third-order valence-corrected chi connectivity index (χ3v) is 5.81. The van der Waals surface area contributed by atoms with E-state index < -0.39 is 17.5 Å². The van der Waals surface area contributed by atoms with E-state index in [-0.39, 0.29) is 49.5 Å². The fourth-order valence-electron chi connectivity index (χ4n) is 3.75. The van der Waals surface area contributed by atoms with E-state index in [1.807, 2.05) is 26.0 Å². The number of carbonyl (C=O) groups excluding carboxylic acids is 3. The summed E-state index contributed by atoms with van der Waals surface area (Å²) in [6.07, 6.45) is 1.45. The fourth-order valence-corrected chi connectivity index (χ4v) is 3.75. The Kier molecular flexibility index (Phi) is 8.70. The van der Waals surface area contributed by atoms with Gasteiger partial charge in [-0.1, -0.05) is 12.1 Å². The highest BCUT2D eigenvalue weighted by atomic mass is 19.1. The van der Waals surface area contributed by atoms with Gasteiger partial charge in [0.15, 0.2) is 0 Å². The van der Waals surface area contributed by atoms with E-state index in [1.54, 1.807) is 6.07 Å². The van der Waals surface area contributed by atoms with Gasteiger partial charge in [-0.15, -0.1) is 0 Å². The molecule has 1 saturated heterocycles. The minimum absolute atomic E-state index is 0.0604. The molecule has 2 aromatic carbocycles. The van der Waals surface area contributed by atoms with Gasteiger partial charge in [0, 0.05) is 37.9 Å². The van der Waals surface area contributed by atoms with E-state index in [1.165, 1.54) is 4.90 Å². The summed E-state index contributed by atoms with van der Waals surface area (Å²) in [7, 11) is 0. The van der Waals surface area contributed by atoms with Crippen LogP contribution >= 0.6 is 0 Å². The zero-order chi connectivity index (χ0) is 24.7. The second-order valence-electron chi connectivity index (χ2n) is 8.34. The molecule has 1 heterocycles. The number of hydrogen-bond acceptors (Lipinski definition) is 4. The molecular weight excluding hydrogens is 444 g/mol. The normalized spacial score (nSPS) is 15.1. The van der Waals surface area contributed by atoms with Gasteiger partial charge in [0.25, 0.3) is 5.91 Å². The summed E-state index contributed by atoms with van der Waals surface area (Å²) in [5.41, 5.74) is 2.36. The summed E-state index contributed by atoms with van der Waals surface area (Å²) in [5, 5.41) is 5.32. The largest absolute Gasteiger partial charge is 0.376 e. The van der Waals surface area contributed by atoms with Gasteiger partial charge in [0.1, 0.15) is 11.6 Å². The van der Waals surface area contributed by atoms with Crippen LogP contribution in [0.4, 0.5) is 14.5 Å². The number of rotatable bonds is 9. The number of benzene rings is 2. The Morgan fingerprint density at radius 2 is 1.94 bits per heavy atom. The second kappa shape index (κ2) is 11.7. The van der Waals surface area contributed by atoms with E-state index in [0.29, 0.717) is 18.4 Å². The van der Waals surface area contributed by atoms with Crippen LogP contribution in [0.1, 0.15) is 40.7 Å². The Balaban J connectivity index is 1.58. The average molecular weight is 474 g/mol. The van der Waals surface area contributed by atoms with Crippen LogP contribution in [0.3, 0.4) is 0 Å². The lowest BCUT2D eigenvalue weighted by molar-refractivity contribution is -0.136. The van der Waals surface area contributed by atoms with Gasteiger partial charge in [-0.2, -0.15) is 0 Å². The number of carbonyl (C=O) groups is 3. The molecule has 0 aliphatic carbocycles. The molecule has 2 N–H and O–H groups in total. The first-order valence-corrected chi connectivity index (χ1v) is 11.2. The summed E-state index contributed by atoms with van der Waals surface area (Å²) >= 11 is 0. The zero-order valence-corrected chi connectivity index (χ0v) is 19.3. The molecule has 0 spiro atoms. The first-order valence-electron chi connectivity index (χ1n) is 11.2. The van der Waals surface area contributed by atoms with Crippen molar-refractivity contribution in [1.82, 2.24) is 10.2 Å². The highest BCUT2D eigenvalue weighted by molar-refractivity contribution is 5.96. The average Bonchev–Trinajstić information content (AvgIpc) is 3.29. The molecule has 0 bridgehead atoms. The highest BCUT2D eigenvalue weighted by Crippen LogP contribution is 2.18. The topological polar surface area (TPSA) is 87.7 Å². The van der Waals surface area contributed by atoms with E-state index in [0.717, 1.165) is 36.1 Å². The van der Waals surface area contributed by atoms with Crippen LogP contribution in [-0.4, -0.2) is 55.0 Å². The number of amides is 3. The lowest BCUT2D eigenvalue weighted by Crippen LogP contribution is -2.43. The maximum Gasteiger partial charge on any atom is 0.254 e. The van der Waals surface area contributed by atoms with Crippen LogP contribution in [0, 0.1) is 25.5 Å². The van der Waals surface area contributed by atoms with Crippen molar-refractivity contribution in [3.05, 3.63) is 64.7 Å². The molecule has 34 heavy (non-hydrogen) atoms. The quantitative estimate of drug-likeness (QED) is 0.585. The van der Waals surface area contributed by atoms with Crippen molar-refractivity contribution >= 4 is 23.4 Å². The van der Waals surface area contributed by atoms with Gasteiger partial charge >= 0.3 is 0 Å². The molecule has 3 rings (SSSR count). The number of nitrogens with zero attached hydrogens (tertiary/aromatic N) is 1. The van der Waals surface area contributed by atoms with Gasteiger partial charge in [0.05, 0.1) is 18.2 Å². The molecule has 1 fully saturated rings. The minimum atomic E-state index is -0.980. The van der Waals surface area contributed by atoms with Gasteiger partial charge < -0.3 is 20.3 Å². The van der Waals surface area contributed by atoms with E-state index in [4.69, 9.17) is 4.74 Å². The molecule has 0 saturated carbocycles. The summed E-state index contributed by atoms with van der Waals surface area (Å²) in [6.45, 7) is 4.51. The SMILES string of the molecule is Cc1cccc(NC(=O)CN(CC2CCCO2)C(=O)CCNC(=O)c2ccc(F)cc2F)c1C. The number of nitrogens with one attached hydrogen (secondary N) is 2. The van der Waals surface area contributed by atoms with Crippen molar-refractivity contribution in [3.8, 4) is 0 Å². The lowest BCUT2D eigenvalue weighted by atomic mass is 10.1. The Morgan fingerprint density at radius 3 is 2.65 bits per heavy atom. The second-order valence-corrected chi connectivity index (χ2v) is 8.34. The maximum absolute atomic E-state index is 13.8. The first-order chi connectivity index (χ1) is 16.2. The summed E-state index contributed by atoms with van der Waals surface area (Å²) < 4.78 is 32.5. The smallest absolute Gasteiger partial charge is 0.254 e. The number of aryl methyl sites for hydroxylation is 1. The number of anilines is 1. The van der Waals surface area contributed by atoms with Crippen LogP contribution in [0.25, 0.3) is 0 Å². The molecule has 2 aromatic rings. The third-order valence-electron chi connectivity index (χ3n) is 5.81. The molecule has 0 aromatic heterocycles. The van der Waals surface area contributed by atoms with E-state index in [2.05, 4.69) is 10.6 Å². The standard InChI is InChI=1S/C25H29F2N3O4/c1-16-5-3-7-22(17(16)2)29-23(31)15-30(14-19-6-4-12-34-19)24(32)10-11-28-25(33)20-9-8-18(26)13-21(20)27/h3,5,7-9,13,19H,4,6,10-12,14-15H2,1-2H3,(H,28,33)(H,29,31). The van der Waals surface area contributed by atoms with Crippen LogP contribution in [-0.2, 0) is 14.3 Å². The summed E-state index contributed by atoms with van der Waals surface area (Å²) in [5.74, 6) is -3.19. The van der Waals surface area contributed by atoms with Gasteiger partial charge in [-0.05, 0) is 56.0 Å². The minimum Gasteiger partial charge on any atom is -0.376 e. The highest BCUT2D eigenvalue weighted by Gasteiger charge is 2.25. The van der Waals surface area contributed by atoms with Gasteiger partial charge in [-0.25, -0.2) is 8.78 Å². The molecule has 182 valence electrons. The first kappa shape index (κ1) is 25.3. The maximum atomic E-state index is 13.8. The van der Waals surface area contributed by atoms with Crippen LogP contribution in [0.15, 0.2) is 36.4 Å². The van der Waals surface area contributed by atoms with Gasteiger partial charge in [0.2, 0.25) is 11.8 Å². The number of halogens is 2. The van der Waals surface area contributed by atoms with E-state index >= 15 is 0 Å². The number of hydrogen-bond donors (Lipinski definition) is 2. The Hall–Kier alpha value is -3.33. The predicted octanol–water partition coefficient (Wildman–Crippen LogP) is 3.35. The van der Waals surface area contributed by atoms with Gasteiger partial charge in [-0.3, -0.25) is 14.4 Å². The van der Waals surface area contributed by atoms with Crippen molar-refractivity contribution in [1.29, 1.82) is 0 Å². The van der Waals surface area contributed by atoms with Crippen molar-refractivity contribution in [3.63, 3.8) is 0 Å². The Bertz CT molecular complexity index is 1050. The third kappa shape index (κ3) is 6.84. The fraction of sp³-hybridized carbons (Fsp3) is 0.400. The van der Waals surface area contributed by atoms with Crippen molar-refractivity contribution < 1.29 is 27.9 Å². The van der Waals surface area contributed by atoms with Crippen molar-refractivity contribution in [2.24, 2.45) is 0 Å². The molecule has 0 radical (unpaired) electrons. The summed E-state index contributed by atoms with van der Waals surface area (Å²) in [4.78, 5) is 39.2. The molecule has 3 amide bonds. The molecule has 1 aliphatic rings. The Labute approximate surface area is 197 Å². The molecule has 1 aliphatic heterocycles. The molecular formula is C25H29F2N3O4. The molecule has 7 nitrogen and oxygen atoms in total. The van der Waals surface area contributed by atoms with Crippen molar-refractivity contribution in [2.45, 2.75) is 39.2 Å². The molecule has 1 atom stereocenters. The van der Waals surface area contributed by atoms with Crippen LogP contribution in [0.5, 0.6) is 0 Å². The Morgan fingerprint density at radius 1 is 1.15 bits per heavy atom. The summed E-state index contributed by atoms with van der Waals surface area (Å²) in [6, 6.07) is 8.25. The van der Waals surface area contributed by atoms with Crippen LogP contribution in [0.2, 0.25) is 0 Å². The molecule has 9 heteroatoms. The zero-order valence-electron chi connectivity index (χ0n) is 19.3. The van der Waals surface area contributed by atoms with E-state index in [9.17, 15) is 23.2 Å². The van der Waals surface area contributed by atoms with Crippen LogP contribution < -0.4 is 10.6 Å². The molecule has 1 unspecified atom stereocenters.